The van der Waals surface area contributed by atoms with Gasteiger partial charge in [-0.25, -0.2) is 9.97 Å². The third-order valence-corrected chi connectivity index (χ3v) is 13.9. The van der Waals surface area contributed by atoms with Gasteiger partial charge in [0.2, 0.25) is 0 Å². The predicted octanol–water partition coefficient (Wildman–Crippen LogP) is 16.4. The van der Waals surface area contributed by atoms with Crippen molar-refractivity contribution in [2.75, 3.05) is 0 Å². The van der Waals surface area contributed by atoms with Crippen LogP contribution in [0.5, 0.6) is 0 Å². The van der Waals surface area contributed by atoms with Crippen molar-refractivity contribution >= 4 is 65.4 Å². The Bertz CT molecular complexity index is 4000. The minimum absolute atomic E-state index is 0.680. The lowest BCUT2D eigenvalue weighted by Gasteiger charge is -2.12. The minimum Gasteiger partial charge on any atom is -0.309 e. The zero-order valence-electron chi connectivity index (χ0n) is 37.4. The maximum absolute atomic E-state index is 5.23. The molecule has 322 valence electrons. The maximum Gasteiger partial charge on any atom is 0.160 e. The van der Waals surface area contributed by atoms with Crippen molar-refractivity contribution in [3.63, 3.8) is 0 Å². The summed E-state index contributed by atoms with van der Waals surface area (Å²) in [5, 5.41) is 7.34. The largest absolute Gasteiger partial charge is 0.309 e. The molecule has 0 aliphatic carbocycles. The van der Waals surface area contributed by atoms with Crippen molar-refractivity contribution < 1.29 is 0 Å². The lowest BCUT2D eigenvalue weighted by molar-refractivity contribution is 1.15. The Labute approximate surface area is 398 Å². The van der Waals surface area contributed by atoms with Gasteiger partial charge in [0, 0.05) is 66.1 Å². The molecule has 5 heteroatoms. The van der Waals surface area contributed by atoms with Crippen LogP contribution in [0, 0.1) is 0 Å². The molecule has 0 saturated carbocycles. The lowest BCUT2D eigenvalue weighted by atomic mass is 10.0. The van der Waals surface area contributed by atoms with E-state index < -0.39 is 0 Å². The molecule has 10 aromatic carbocycles. The quantitative estimate of drug-likeness (QED) is 0.160. The highest BCUT2D eigenvalue weighted by Gasteiger charge is 2.20. The summed E-state index contributed by atoms with van der Waals surface area (Å²) in [6, 6.07) is 89.2. The van der Waals surface area contributed by atoms with Gasteiger partial charge in [0.15, 0.2) is 5.82 Å². The first-order valence-electron chi connectivity index (χ1n) is 23.5. The molecule has 0 saturated heterocycles. The molecule has 4 aromatic heterocycles. The zero-order chi connectivity index (χ0) is 45.4. The van der Waals surface area contributed by atoms with E-state index in [4.69, 9.17) is 9.97 Å². The van der Waals surface area contributed by atoms with Crippen molar-refractivity contribution in [2.24, 2.45) is 0 Å². The Morgan fingerprint density at radius 1 is 0.217 bits per heavy atom. The van der Waals surface area contributed by atoms with Crippen LogP contribution in [0.15, 0.2) is 249 Å². The summed E-state index contributed by atoms with van der Waals surface area (Å²) in [4.78, 5) is 10.4. The fourth-order valence-electron chi connectivity index (χ4n) is 10.7. The highest BCUT2D eigenvalue weighted by Crippen LogP contribution is 2.40. The Morgan fingerprint density at radius 2 is 0.536 bits per heavy atom. The number of para-hydroxylation sites is 4. The molecule has 0 N–H and O–H groups in total. The Hall–Kier alpha value is -9.32. The lowest BCUT2D eigenvalue weighted by Crippen LogP contribution is -1.98. The average Bonchev–Trinajstić information content (AvgIpc) is 4.06. The van der Waals surface area contributed by atoms with Gasteiger partial charge in [0.05, 0.1) is 44.5 Å². The first-order chi connectivity index (χ1) is 34.2. The molecule has 14 rings (SSSR count). The summed E-state index contributed by atoms with van der Waals surface area (Å²) in [5.41, 5.74) is 17.5. The molecule has 69 heavy (non-hydrogen) atoms. The van der Waals surface area contributed by atoms with Gasteiger partial charge in [-0.05, 0) is 102 Å². The van der Waals surface area contributed by atoms with E-state index in [2.05, 4.69) is 250 Å². The summed E-state index contributed by atoms with van der Waals surface area (Å²) in [5.74, 6) is 0.680. The topological polar surface area (TPSA) is 40.6 Å². The number of hydrogen-bond donors (Lipinski definition) is 0. The summed E-state index contributed by atoms with van der Waals surface area (Å²) >= 11 is 0. The average molecular weight is 880 g/mol. The number of hydrogen-bond acceptors (Lipinski definition) is 2. The highest BCUT2D eigenvalue weighted by atomic mass is 15.0. The molecule has 0 fully saturated rings. The van der Waals surface area contributed by atoms with E-state index in [9.17, 15) is 0 Å². The van der Waals surface area contributed by atoms with Crippen molar-refractivity contribution in [2.45, 2.75) is 0 Å². The van der Waals surface area contributed by atoms with E-state index >= 15 is 0 Å². The molecule has 0 bridgehead atoms. The molecule has 0 aliphatic heterocycles. The second-order valence-electron chi connectivity index (χ2n) is 17.8. The monoisotopic (exact) mass is 879 g/mol. The second-order valence-corrected chi connectivity index (χ2v) is 17.8. The normalized spacial score (nSPS) is 11.8. The standard InChI is InChI=1S/C64H41N5/c1-3-15-42(16-4-1)43-27-29-45(30-28-43)57-41-56(44-17-5-2-6-18-44)65-64(66-57)46-31-33-47(34-32-46)67-62-37-35-48(68-58-23-11-7-19-50(58)51-20-8-12-24-59(51)68)39-54(62)55-40-49(36-38-63(55)67)69-60-25-13-9-21-52(60)53-22-10-14-26-61(53)69/h1-41H. The third-order valence-electron chi connectivity index (χ3n) is 13.9. The third kappa shape index (κ3) is 6.32. The molecule has 0 amide bonds. The Balaban J connectivity index is 0.938. The molecule has 0 radical (unpaired) electrons. The summed E-state index contributed by atoms with van der Waals surface area (Å²) in [6.07, 6.45) is 0. The minimum atomic E-state index is 0.680. The number of nitrogens with zero attached hydrogens (tertiary/aromatic N) is 5. The van der Waals surface area contributed by atoms with Gasteiger partial charge in [-0.15, -0.1) is 0 Å². The molecular weight excluding hydrogens is 839 g/mol. The molecule has 14 aromatic rings. The fraction of sp³-hybridized carbons (Fsp3) is 0. The van der Waals surface area contributed by atoms with Crippen molar-refractivity contribution in [3.8, 4) is 62.1 Å². The SMILES string of the molecule is c1ccc(-c2ccc(-c3cc(-c4ccccc4)nc(-c4ccc(-n5c6ccc(-n7c8ccccc8c8ccccc87)cc6c6cc(-n7c8ccccc8c8ccccc87)ccc65)cc4)n3)cc2)cc1. The van der Waals surface area contributed by atoms with E-state index in [1.54, 1.807) is 0 Å². The first-order valence-corrected chi connectivity index (χ1v) is 23.5. The van der Waals surface area contributed by atoms with E-state index in [1.807, 2.05) is 12.1 Å². The van der Waals surface area contributed by atoms with Crippen LogP contribution in [0.4, 0.5) is 0 Å². The Morgan fingerprint density at radius 3 is 1.00 bits per heavy atom. The van der Waals surface area contributed by atoms with Crippen LogP contribution in [0.2, 0.25) is 0 Å². The van der Waals surface area contributed by atoms with Crippen LogP contribution in [-0.2, 0) is 0 Å². The van der Waals surface area contributed by atoms with Crippen molar-refractivity contribution in [3.05, 3.63) is 249 Å². The number of benzene rings is 10. The molecule has 0 spiro atoms. The fourth-order valence-corrected chi connectivity index (χ4v) is 10.7. The molecular formula is C64H41N5. The number of fused-ring (bicyclic) bond motifs is 9. The molecule has 0 atom stereocenters. The van der Waals surface area contributed by atoms with Gasteiger partial charge in [0.25, 0.3) is 0 Å². The van der Waals surface area contributed by atoms with Crippen LogP contribution >= 0.6 is 0 Å². The van der Waals surface area contributed by atoms with E-state index in [0.29, 0.717) is 5.82 Å². The van der Waals surface area contributed by atoms with Gasteiger partial charge >= 0.3 is 0 Å². The zero-order valence-corrected chi connectivity index (χ0v) is 37.4. The van der Waals surface area contributed by atoms with Crippen LogP contribution in [0.1, 0.15) is 0 Å². The molecule has 5 nitrogen and oxygen atoms in total. The van der Waals surface area contributed by atoms with Crippen LogP contribution in [0.25, 0.3) is 128 Å². The summed E-state index contributed by atoms with van der Waals surface area (Å²) in [6.45, 7) is 0. The van der Waals surface area contributed by atoms with Gasteiger partial charge in [-0.2, -0.15) is 0 Å². The van der Waals surface area contributed by atoms with Gasteiger partial charge < -0.3 is 13.7 Å². The van der Waals surface area contributed by atoms with Crippen LogP contribution in [-0.4, -0.2) is 23.7 Å². The van der Waals surface area contributed by atoms with Gasteiger partial charge in [0.1, 0.15) is 0 Å². The maximum atomic E-state index is 5.23. The van der Waals surface area contributed by atoms with Gasteiger partial charge in [-0.3, -0.25) is 0 Å². The number of aromatic nitrogens is 5. The van der Waals surface area contributed by atoms with E-state index in [0.717, 1.165) is 56.2 Å². The molecule has 0 unspecified atom stereocenters. The molecule has 4 heterocycles. The van der Waals surface area contributed by atoms with Crippen LogP contribution < -0.4 is 0 Å². The van der Waals surface area contributed by atoms with Crippen molar-refractivity contribution in [1.29, 1.82) is 0 Å². The highest BCUT2D eigenvalue weighted by molar-refractivity contribution is 6.14. The predicted molar refractivity (Wildman–Crippen MR) is 287 cm³/mol. The first kappa shape index (κ1) is 38.9. The number of rotatable bonds is 7. The van der Waals surface area contributed by atoms with Crippen LogP contribution in [0.3, 0.4) is 0 Å². The van der Waals surface area contributed by atoms with Crippen molar-refractivity contribution in [1.82, 2.24) is 23.7 Å². The summed E-state index contributed by atoms with van der Waals surface area (Å²) in [7, 11) is 0. The molecule has 0 aliphatic rings. The summed E-state index contributed by atoms with van der Waals surface area (Å²) < 4.78 is 7.23. The van der Waals surface area contributed by atoms with E-state index in [-0.39, 0.29) is 0 Å². The Kier molecular flexibility index (Phi) is 8.83. The smallest absolute Gasteiger partial charge is 0.160 e. The van der Waals surface area contributed by atoms with Gasteiger partial charge in [-0.1, -0.05) is 158 Å². The van der Waals surface area contributed by atoms with E-state index in [1.165, 1.54) is 65.5 Å². The second kappa shape index (κ2) is 15.7.